The van der Waals surface area contributed by atoms with Gasteiger partial charge in [0.25, 0.3) is 5.91 Å². The smallest absolute Gasteiger partial charge is 0.254 e. The normalized spacial score (nSPS) is 20.9. The van der Waals surface area contributed by atoms with Crippen LogP contribution < -0.4 is 26.0 Å². The highest BCUT2D eigenvalue weighted by atomic mass is 16.5. The Labute approximate surface area is 298 Å². The number of rotatable bonds is 9. The van der Waals surface area contributed by atoms with E-state index in [0.717, 1.165) is 11.1 Å². The topological polar surface area (TPSA) is 190 Å². The minimum Gasteiger partial charge on any atom is -0.497 e. The summed E-state index contributed by atoms with van der Waals surface area (Å²) in [5.41, 5.74) is 1.96. The molecular formula is C36H49N9O6. The second kappa shape index (κ2) is 17.5. The molecule has 2 heterocycles. The van der Waals surface area contributed by atoms with E-state index >= 15 is 0 Å². The first-order valence-electron chi connectivity index (χ1n) is 17.2. The standard InChI is InChI=1S/C36H49N9O6/c1-21(2)16-29-35(49)39-30(17-25-10-14-28(51-7)15-11-25)34(48)37-23(5)33(47)40-31(22(3)4)19-44(20-32(46)38-29)36(50)27-12-8-26(9-13-27)18-45-24(6)41-42-43-45/h8-15,21-23,29-31H,16-20H2,1-7H3,(H,37,48)(H,38,46)(H,39,49)(H,40,47)/t23-,29+,30+,31-/m1/s1. The minimum atomic E-state index is -1.05. The Morgan fingerprint density at radius 2 is 1.51 bits per heavy atom. The van der Waals surface area contributed by atoms with Crippen molar-refractivity contribution in [3.8, 4) is 5.75 Å². The Bertz CT molecular complexity index is 1670. The third kappa shape index (κ3) is 10.8. The summed E-state index contributed by atoms with van der Waals surface area (Å²) in [6.45, 7) is 11.0. The predicted octanol–water partition coefficient (Wildman–Crippen LogP) is 1.40. The van der Waals surface area contributed by atoms with Crippen molar-refractivity contribution in [3.05, 3.63) is 71.0 Å². The van der Waals surface area contributed by atoms with Crippen LogP contribution in [0.5, 0.6) is 5.75 Å². The molecule has 51 heavy (non-hydrogen) atoms. The van der Waals surface area contributed by atoms with Gasteiger partial charge in [-0.05, 0) is 77.9 Å². The highest BCUT2D eigenvalue weighted by Gasteiger charge is 2.32. The molecule has 1 aliphatic rings. The quantitative estimate of drug-likeness (QED) is 0.255. The first-order chi connectivity index (χ1) is 24.2. The van der Waals surface area contributed by atoms with Crippen LogP contribution in [0.15, 0.2) is 48.5 Å². The summed E-state index contributed by atoms with van der Waals surface area (Å²) in [5, 5.41) is 22.9. The molecule has 15 heteroatoms. The van der Waals surface area contributed by atoms with Gasteiger partial charge in [-0.25, -0.2) is 4.68 Å². The van der Waals surface area contributed by atoms with E-state index < -0.39 is 53.7 Å². The first-order valence-corrected chi connectivity index (χ1v) is 17.2. The van der Waals surface area contributed by atoms with Crippen molar-refractivity contribution in [3.63, 3.8) is 0 Å². The number of carbonyl (C=O) groups is 5. The number of ether oxygens (including phenoxy) is 1. The maximum absolute atomic E-state index is 14.0. The van der Waals surface area contributed by atoms with Gasteiger partial charge in [-0.3, -0.25) is 24.0 Å². The number of carbonyl (C=O) groups excluding carboxylic acids is 5. The second-order valence-corrected chi connectivity index (χ2v) is 13.7. The van der Waals surface area contributed by atoms with Crippen molar-refractivity contribution in [2.45, 2.75) is 85.1 Å². The van der Waals surface area contributed by atoms with Crippen molar-refractivity contribution in [2.24, 2.45) is 11.8 Å². The van der Waals surface area contributed by atoms with Gasteiger partial charge in [0.05, 0.1) is 20.2 Å². The fourth-order valence-electron chi connectivity index (χ4n) is 5.67. The minimum absolute atomic E-state index is 0.00301. The molecule has 1 aliphatic heterocycles. The molecule has 0 bridgehead atoms. The number of hydrogen-bond acceptors (Lipinski definition) is 9. The Hall–Kier alpha value is -5.34. The largest absolute Gasteiger partial charge is 0.497 e. The van der Waals surface area contributed by atoms with E-state index in [9.17, 15) is 24.0 Å². The third-order valence-electron chi connectivity index (χ3n) is 8.76. The lowest BCUT2D eigenvalue weighted by molar-refractivity contribution is -0.133. The molecule has 2 aromatic carbocycles. The number of aromatic nitrogens is 4. The van der Waals surface area contributed by atoms with Crippen LogP contribution in [-0.4, -0.2) is 99.0 Å². The van der Waals surface area contributed by atoms with Crippen molar-refractivity contribution < 1.29 is 28.7 Å². The van der Waals surface area contributed by atoms with E-state index in [1.54, 1.807) is 74.2 Å². The molecule has 0 aliphatic carbocycles. The van der Waals surface area contributed by atoms with Crippen molar-refractivity contribution in [1.29, 1.82) is 0 Å². The van der Waals surface area contributed by atoms with Crippen LogP contribution in [0, 0.1) is 18.8 Å². The number of hydrogen-bond donors (Lipinski definition) is 4. The van der Waals surface area contributed by atoms with E-state index in [2.05, 4.69) is 36.8 Å². The molecule has 0 saturated carbocycles. The number of methoxy groups -OCH3 is 1. The Morgan fingerprint density at radius 3 is 2.10 bits per heavy atom. The van der Waals surface area contributed by atoms with E-state index in [4.69, 9.17) is 4.74 Å². The summed E-state index contributed by atoms with van der Waals surface area (Å²) in [6, 6.07) is 10.4. The second-order valence-electron chi connectivity index (χ2n) is 13.7. The van der Waals surface area contributed by atoms with E-state index in [0.29, 0.717) is 23.7 Å². The van der Waals surface area contributed by atoms with E-state index in [1.807, 2.05) is 27.7 Å². The van der Waals surface area contributed by atoms with Gasteiger partial charge >= 0.3 is 0 Å². The van der Waals surface area contributed by atoms with Crippen LogP contribution in [0.4, 0.5) is 0 Å². The molecule has 0 radical (unpaired) electrons. The summed E-state index contributed by atoms with van der Waals surface area (Å²) in [6.07, 6.45) is 0.416. The molecule has 1 aromatic heterocycles. The highest BCUT2D eigenvalue weighted by molar-refractivity contribution is 5.98. The molecule has 0 unspecified atom stereocenters. The summed E-state index contributed by atoms with van der Waals surface area (Å²) >= 11 is 0. The fraction of sp³-hybridized carbons (Fsp3) is 0.500. The van der Waals surface area contributed by atoms with Gasteiger partial charge in [-0.1, -0.05) is 52.0 Å². The predicted molar refractivity (Wildman–Crippen MR) is 188 cm³/mol. The molecule has 274 valence electrons. The Morgan fingerprint density at radius 1 is 0.863 bits per heavy atom. The number of amides is 5. The number of nitrogens with zero attached hydrogens (tertiary/aromatic N) is 5. The van der Waals surface area contributed by atoms with Crippen molar-refractivity contribution in [1.82, 2.24) is 46.4 Å². The first kappa shape index (κ1) is 38.5. The number of aryl methyl sites for hydroxylation is 1. The van der Waals surface area contributed by atoms with Gasteiger partial charge in [-0.2, -0.15) is 0 Å². The maximum Gasteiger partial charge on any atom is 0.254 e. The van der Waals surface area contributed by atoms with Crippen molar-refractivity contribution >= 4 is 29.5 Å². The molecule has 1 fully saturated rings. The van der Waals surface area contributed by atoms with Gasteiger partial charge in [0.15, 0.2) is 0 Å². The average molecular weight is 704 g/mol. The SMILES string of the molecule is COc1ccc(C[C@@H]2NC(=O)[C@H](CC(C)C)NC(=O)CN(C(=O)c3ccc(Cn4nnnc4C)cc3)C[C@H](C(C)C)NC(=O)[C@@H](C)NC2=O)cc1. The van der Waals surface area contributed by atoms with Gasteiger partial charge in [0.1, 0.15) is 29.7 Å². The van der Waals surface area contributed by atoms with Crippen LogP contribution in [0.1, 0.15) is 68.3 Å². The number of benzene rings is 2. The molecule has 15 nitrogen and oxygen atoms in total. The average Bonchev–Trinajstić information content (AvgIpc) is 3.49. The zero-order valence-electron chi connectivity index (χ0n) is 30.3. The van der Waals surface area contributed by atoms with Crippen LogP contribution in [0.25, 0.3) is 0 Å². The van der Waals surface area contributed by atoms with E-state index in [-0.39, 0.29) is 37.8 Å². The molecule has 1 saturated heterocycles. The zero-order valence-corrected chi connectivity index (χ0v) is 30.3. The summed E-state index contributed by atoms with van der Waals surface area (Å²) in [7, 11) is 1.55. The summed E-state index contributed by atoms with van der Waals surface area (Å²) in [4.78, 5) is 69.9. The lowest BCUT2D eigenvalue weighted by atomic mass is 10.0. The Balaban J connectivity index is 1.63. The van der Waals surface area contributed by atoms with Gasteiger partial charge in [0, 0.05) is 24.6 Å². The zero-order chi connectivity index (χ0) is 37.2. The lowest BCUT2D eigenvalue weighted by Crippen LogP contribution is -2.57. The van der Waals surface area contributed by atoms with Gasteiger partial charge in [0.2, 0.25) is 23.6 Å². The van der Waals surface area contributed by atoms with Crippen LogP contribution in [0.2, 0.25) is 0 Å². The summed E-state index contributed by atoms with van der Waals surface area (Å²) < 4.78 is 6.88. The third-order valence-corrected chi connectivity index (χ3v) is 8.76. The molecular weight excluding hydrogens is 654 g/mol. The van der Waals surface area contributed by atoms with Crippen LogP contribution in [-0.2, 0) is 32.1 Å². The van der Waals surface area contributed by atoms with Gasteiger partial charge in [-0.15, -0.1) is 5.10 Å². The van der Waals surface area contributed by atoms with Crippen LogP contribution >= 0.6 is 0 Å². The summed E-state index contributed by atoms with van der Waals surface area (Å²) in [5.74, 6) is -1.40. The van der Waals surface area contributed by atoms with Gasteiger partial charge < -0.3 is 30.9 Å². The molecule has 3 aromatic rings. The Kier molecular flexibility index (Phi) is 13.2. The van der Waals surface area contributed by atoms with Crippen molar-refractivity contribution in [2.75, 3.05) is 20.2 Å². The maximum atomic E-state index is 14.0. The fourth-order valence-corrected chi connectivity index (χ4v) is 5.67. The molecule has 5 amide bonds. The number of nitrogens with one attached hydrogen (secondary N) is 4. The van der Waals surface area contributed by atoms with Crippen LogP contribution in [0.3, 0.4) is 0 Å². The molecule has 0 spiro atoms. The number of tetrazole rings is 1. The van der Waals surface area contributed by atoms with E-state index in [1.165, 1.54) is 4.90 Å². The molecule has 4 N–H and O–H groups in total. The lowest BCUT2D eigenvalue weighted by Gasteiger charge is -2.31. The monoisotopic (exact) mass is 703 g/mol. The molecule has 4 rings (SSSR count). The molecule has 4 atom stereocenters. The highest BCUT2D eigenvalue weighted by Crippen LogP contribution is 2.16.